The Bertz CT molecular complexity index is 1080. The zero-order chi connectivity index (χ0) is 24.8. The summed E-state index contributed by atoms with van der Waals surface area (Å²) in [6, 6.07) is 15.3. The highest BCUT2D eigenvalue weighted by atomic mass is 28.4. The minimum absolute atomic E-state index is 0.0849. The number of carbonyl (C=O) groups is 1. The Kier molecular flexibility index (Phi) is 8.71. The van der Waals surface area contributed by atoms with Crippen molar-refractivity contribution in [3.63, 3.8) is 0 Å². The number of ether oxygens (including phenoxy) is 1. The van der Waals surface area contributed by atoms with Gasteiger partial charge in [0.2, 0.25) is 0 Å². The number of hydrogen-bond donors (Lipinski definition) is 0. The standard InChI is InChI=1S/C28H40N2O3Si/c1-7-32-27(31)26-20-30(21-29-26)19-25(33-34(5,6)28(2,3)4)15-11-8-12-22-16-17-23-13-9-10-14-24(23)18-22/h9-10,13-14,16-18,20-21,25H,7-8,11-12,15,19H2,1-6H3/t25-/m0/s1. The Morgan fingerprint density at radius 3 is 2.53 bits per heavy atom. The van der Waals surface area contributed by atoms with Crippen LogP contribution in [0.15, 0.2) is 55.0 Å². The van der Waals surface area contributed by atoms with Gasteiger partial charge in [0.1, 0.15) is 0 Å². The van der Waals surface area contributed by atoms with E-state index in [-0.39, 0.29) is 17.1 Å². The predicted octanol–water partition coefficient (Wildman–Crippen LogP) is 7.02. The zero-order valence-electron chi connectivity index (χ0n) is 21.6. The maximum Gasteiger partial charge on any atom is 0.358 e. The highest BCUT2D eigenvalue weighted by Crippen LogP contribution is 2.38. The van der Waals surface area contributed by atoms with Crippen molar-refractivity contribution < 1.29 is 14.0 Å². The lowest BCUT2D eigenvalue weighted by Crippen LogP contribution is -2.44. The van der Waals surface area contributed by atoms with E-state index in [4.69, 9.17) is 9.16 Å². The Labute approximate surface area is 205 Å². The van der Waals surface area contributed by atoms with Crippen LogP contribution in [0.2, 0.25) is 18.1 Å². The SMILES string of the molecule is CCOC(=O)c1cn(C[C@H](CCCCc2ccc3ccccc3c2)O[Si](C)(C)C(C)(C)C)cn1. The molecule has 6 heteroatoms. The third-order valence-electron chi connectivity index (χ3n) is 6.86. The van der Waals surface area contributed by atoms with Gasteiger partial charge in [0.15, 0.2) is 14.0 Å². The van der Waals surface area contributed by atoms with Crippen molar-refractivity contribution in [2.45, 2.75) is 84.2 Å². The number of hydrogen-bond acceptors (Lipinski definition) is 4. The summed E-state index contributed by atoms with van der Waals surface area (Å²) in [7, 11) is -1.93. The van der Waals surface area contributed by atoms with Gasteiger partial charge < -0.3 is 13.7 Å². The first-order valence-electron chi connectivity index (χ1n) is 12.4. The second-order valence-corrected chi connectivity index (χ2v) is 15.4. The van der Waals surface area contributed by atoms with E-state index < -0.39 is 8.32 Å². The van der Waals surface area contributed by atoms with E-state index in [0.717, 1.165) is 25.7 Å². The number of aromatic nitrogens is 2. The van der Waals surface area contributed by atoms with Crippen LogP contribution in [-0.4, -0.2) is 36.5 Å². The third kappa shape index (κ3) is 7.03. The van der Waals surface area contributed by atoms with E-state index in [1.54, 1.807) is 19.4 Å². The molecule has 0 aliphatic carbocycles. The van der Waals surface area contributed by atoms with Gasteiger partial charge in [-0.1, -0.05) is 69.7 Å². The molecule has 0 fully saturated rings. The van der Waals surface area contributed by atoms with Crippen molar-refractivity contribution in [2.24, 2.45) is 0 Å². The molecule has 0 amide bonds. The molecular formula is C28H40N2O3Si. The number of aryl methyl sites for hydroxylation is 1. The van der Waals surface area contributed by atoms with Crippen LogP contribution < -0.4 is 0 Å². The number of unbranched alkanes of at least 4 members (excludes halogenated alkanes) is 1. The fourth-order valence-electron chi connectivity index (χ4n) is 3.88. The van der Waals surface area contributed by atoms with Crippen LogP contribution in [0.3, 0.4) is 0 Å². The van der Waals surface area contributed by atoms with Crippen molar-refractivity contribution in [3.8, 4) is 0 Å². The molecule has 3 aromatic rings. The van der Waals surface area contributed by atoms with E-state index in [0.29, 0.717) is 18.8 Å². The van der Waals surface area contributed by atoms with Crippen LogP contribution >= 0.6 is 0 Å². The number of imidazole rings is 1. The molecule has 0 radical (unpaired) electrons. The summed E-state index contributed by atoms with van der Waals surface area (Å²) in [5.41, 5.74) is 1.73. The summed E-state index contributed by atoms with van der Waals surface area (Å²) in [6.45, 7) is 14.2. The van der Waals surface area contributed by atoms with Gasteiger partial charge >= 0.3 is 5.97 Å². The lowest BCUT2D eigenvalue weighted by molar-refractivity contribution is 0.0519. The molecule has 1 atom stereocenters. The molecule has 3 rings (SSSR count). The van der Waals surface area contributed by atoms with Gasteiger partial charge in [-0.15, -0.1) is 0 Å². The molecule has 0 aliphatic heterocycles. The highest BCUT2D eigenvalue weighted by Gasteiger charge is 2.39. The van der Waals surface area contributed by atoms with Crippen LogP contribution in [0.25, 0.3) is 10.8 Å². The van der Waals surface area contributed by atoms with E-state index >= 15 is 0 Å². The monoisotopic (exact) mass is 480 g/mol. The third-order valence-corrected chi connectivity index (χ3v) is 11.4. The van der Waals surface area contributed by atoms with Crippen molar-refractivity contribution in [1.82, 2.24) is 9.55 Å². The summed E-state index contributed by atoms with van der Waals surface area (Å²) >= 11 is 0. The van der Waals surface area contributed by atoms with Gasteiger partial charge in [-0.2, -0.15) is 0 Å². The molecule has 0 unspecified atom stereocenters. The Hall–Kier alpha value is -2.44. The molecule has 34 heavy (non-hydrogen) atoms. The predicted molar refractivity (Wildman–Crippen MR) is 142 cm³/mol. The van der Waals surface area contributed by atoms with Crippen LogP contribution in [-0.2, 0) is 22.1 Å². The summed E-state index contributed by atoms with van der Waals surface area (Å²) in [5.74, 6) is -0.376. The minimum atomic E-state index is -1.93. The molecule has 184 valence electrons. The topological polar surface area (TPSA) is 53.4 Å². The first-order chi connectivity index (χ1) is 16.1. The largest absolute Gasteiger partial charge is 0.461 e. The fourth-order valence-corrected chi connectivity index (χ4v) is 5.26. The first kappa shape index (κ1) is 26.2. The summed E-state index contributed by atoms with van der Waals surface area (Å²) < 4.78 is 13.9. The van der Waals surface area contributed by atoms with Crippen molar-refractivity contribution in [1.29, 1.82) is 0 Å². The molecule has 5 nitrogen and oxygen atoms in total. The molecule has 0 N–H and O–H groups in total. The molecular weight excluding hydrogens is 440 g/mol. The van der Waals surface area contributed by atoms with Crippen molar-refractivity contribution in [2.75, 3.05) is 6.61 Å². The molecule has 0 aliphatic rings. The lowest BCUT2D eigenvalue weighted by Gasteiger charge is -2.39. The molecule has 0 spiro atoms. The van der Waals surface area contributed by atoms with Crippen LogP contribution in [0, 0.1) is 0 Å². The number of esters is 1. The summed E-state index contributed by atoms with van der Waals surface area (Å²) in [6.07, 6.45) is 7.82. The maximum atomic E-state index is 12.0. The molecule has 1 heterocycles. The van der Waals surface area contributed by atoms with Gasteiger partial charge in [0.25, 0.3) is 0 Å². The van der Waals surface area contributed by atoms with Gasteiger partial charge in [-0.3, -0.25) is 0 Å². The van der Waals surface area contributed by atoms with Crippen LogP contribution in [0.4, 0.5) is 0 Å². The van der Waals surface area contributed by atoms with Crippen molar-refractivity contribution in [3.05, 3.63) is 66.2 Å². The number of carbonyl (C=O) groups excluding carboxylic acids is 1. The summed E-state index contributed by atoms with van der Waals surface area (Å²) in [5, 5.41) is 2.73. The van der Waals surface area contributed by atoms with Gasteiger partial charge in [-0.05, 0) is 60.7 Å². The highest BCUT2D eigenvalue weighted by molar-refractivity contribution is 6.74. The van der Waals surface area contributed by atoms with Crippen molar-refractivity contribution >= 4 is 25.1 Å². The average Bonchev–Trinajstić information content (AvgIpc) is 3.24. The maximum absolute atomic E-state index is 12.0. The minimum Gasteiger partial charge on any atom is -0.461 e. The van der Waals surface area contributed by atoms with Gasteiger partial charge in [0.05, 0.1) is 19.0 Å². The Morgan fingerprint density at radius 2 is 1.82 bits per heavy atom. The van der Waals surface area contributed by atoms with Crippen LogP contribution in [0.5, 0.6) is 0 Å². The lowest BCUT2D eigenvalue weighted by atomic mass is 10.0. The first-order valence-corrected chi connectivity index (χ1v) is 15.3. The average molecular weight is 481 g/mol. The Morgan fingerprint density at radius 1 is 1.09 bits per heavy atom. The normalized spacial score (nSPS) is 13.2. The quantitative estimate of drug-likeness (QED) is 0.168. The molecule has 0 bridgehead atoms. The zero-order valence-corrected chi connectivity index (χ0v) is 22.6. The number of fused-ring (bicyclic) bond motifs is 1. The van der Waals surface area contributed by atoms with Gasteiger partial charge in [-0.25, -0.2) is 9.78 Å². The van der Waals surface area contributed by atoms with Crippen LogP contribution in [0.1, 0.15) is 63.0 Å². The van der Waals surface area contributed by atoms with Gasteiger partial charge in [0, 0.05) is 12.7 Å². The number of benzene rings is 2. The van der Waals surface area contributed by atoms with E-state index in [1.165, 1.54) is 16.3 Å². The Balaban J connectivity index is 1.62. The molecule has 0 saturated heterocycles. The molecule has 2 aromatic carbocycles. The number of rotatable bonds is 11. The molecule has 0 saturated carbocycles. The second kappa shape index (κ2) is 11.3. The van der Waals surface area contributed by atoms with E-state index in [9.17, 15) is 4.79 Å². The number of nitrogens with zero attached hydrogens (tertiary/aromatic N) is 2. The smallest absolute Gasteiger partial charge is 0.358 e. The van der Waals surface area contributed by atoms with E-state index in [2.05, 4.69) is 81.3 Å². The van der Waals surface area contributed by atoms with E-state index in [1.807, 2.05) is 4.57 Å². The molecule has 1 aromatic heterocycles. The summed E-state index contributed by atoms with van der Waals surface area (Å²) in [4.78, 5) is 16.2. The fraction of sp³-hybridized carbons (Fsp3) is 0.500. The second-order valence-electron chi connectivity index (χ2n) is 10.6.